The molecule has 0 saturated carbocycles. The van der Waals surface area contributed by atoms with Gasteiger partial charge in [0.2, 0.25) is 11.8 Å². The van der Waals surface area contributed by atoms with Gasteiger partial charge < -0.3 is 15.3 Å². The fourth-order valence-electron chi connectivity index (χ4n) is 2.16. The smallest absolute Gasteiger partial charge is 0.245 e. The van der Waals surface area contributed by atoms with Crippen LogP contribution in [0.1, 0.15) is 40.5 Å². The summed E-state index contributed by atoms with van der Waals surface area (Å²) in [5.74, 6) is -0.369. The van der Waals surface area contributed by atoms with Gasteiger partial charge in [0.05, 0.1) is 6.10 Å². The van der Waals surface area contributed by atoms with E-state index in [1.54, 1.807) is 7.05 Å². The van der Waals surface area contributed by atoms with Crippen LogP contribution in [0.25, 0.3) is 0 Å². The number of carbonyl (C=O) groups is 2. The fraction of sp³-hybridized carbons (Fsp3) is 0.750. The van der Waals surface area contributed by atoms with Gasteiger partial charge in [0.15, 0.2) is 0 Å². The summed E-state index contributed by atoms with van der Waals surface area (Å²) >= 11 is 0. The van der Waals surface area contributed by atoms with E-state index in [1.807, 2.05) is 39.8 Å². The maximum absolute atomic E-state index is 12.2. The Morgan fingerprint density at radius 2 is 1.86 bits per heavy atom. The van der Waals surface area contributed by atoms with E-state index in [0.29, 0.717) is 12.8 Å². The van der Waals surface area contributed by atoms with Crippen LogP contribution in [0.3, 0.4) is 0 Å². The van der Waals surface area contributed by atoms with Crippen molar-refractivity contribution in [2.75, 3.05) is 14.1 Å². The highest BCUT2D eigenvalue weighted by Gasteiger charge is 2.35. The van der Waals surface area contributed by atoms with E-state index in [9.17, 15) is 14.7 Å². The number of allylic oxidation sites excluding steroid dienone is 2. The molecule has 0 aliphatic heterocycles. The van der Waals surface area contributed by atoms with Crippen molar-refractivity contribution >= 4 is 11.8 Å². The van der Waals surface area contributed by atoms with Gasteiger partial charge in [-0.1, -0.05) is 32.9 Å². The molecule has 0 aromatic rings. The van der Waals surface area contributed by atoms with Gasteiger partial charge in [0.1, 0.15) is 6.04 Å². The van der Waals surface area contributed by atoms with E-state index in [1.165, 1.54) is 11.9 Å². The van der Waals surface area contributed by atoms with Gasteiger partial charge in [0, 0.05) is 20.5 Å². The molecular formula is C16H30N2O3. The zero-order valence-corrected chi connectivity index (χ0v) is 14.1. The number of nitrogens with one attached hydrogen (secondary N) is 1. The summed E-state index contributed by atoms with van der Waals surface area (Å²) in [5, 5.41) is 13.0. The monoisotopic (exact) mass is 298 g/mol. The summed E-state index contributed by atoms with van der Waals surface area (Å²) in [7, 11) is 3.09. The Kier molecular flexibility index (Phi) is 8.93. The molecule has 0 rings (SSSR count). The number of hydrogen-bond donors (Lipinski definition) is 2. The third-order valence-electron chi connectivity index (χ3n) is 3.56. The Hall–Kier alpha value is -1.36. The Labute approximate surface area is 128 Å². The van der Waals surface area contributed by atoms with Crippen LogP contribution in [0.15, 0.2) is 12.2 Å². The summed E-state index contributed by atoms with van der Waals surface area (Å²) in [6.07, 6.45) is 3.98. The molecule has 0 bridgehead atoms. The van der Waals surface area contributed by atoms with E-state index >= 15 is 0 Å². The lowest BCUT2D eigenvalue weighted by Crippen LogP contribution is -2.55. The molecular weight excluding hydrogens is 268 g/mol. The van der Waals surface area contributed by atoms with Crippen molar-refractivity contribution < 1.29 is 14.7 Å². The van der Waals surface area contributed by atoms with E-state index < -0.39 is 12.1 Å². The van der Waals surface area contributed by atoms with Crippen LogP contribution >= 0.6 is 0 Å². The molecule has 2 N–H and O–H groups in total. The first-order chi connectivity index (χ1) is 9.76. The van der Waals surface area contributed by atoms with Gasteiger partial charge in [-0.15, -0.1) is 0 Å². The molecule has 2 amide bonds. The summed E-state index contributed by atoms with van der Waals surface area (Å²) < 4.78 is 0. The molecule has 0 unspecified atom stereocenters. The maximum Gasteiger partial charge on any atom is 0.245 e. The summed E-state index contributed by atoms with van der Waals surface area (Å²) in [6.45, 7) is 7.69. The van der Waals surface area contributed by atoms with Gasteiger partial charge in [-0.2, -0.15) is 0 Å². The van der Waals surface area contributed by atoms with Crippen molar-refractivity contribution in [1.29, 1.82) is 0 Å². The molecule has 0 aliphatic carbocycles. The minimum atomic E-state index is -0.901. The van der Waals surface area contributed by atoms with Gasteiger partial charge >= 0.3 is 0 Å². The zero-order valence-electron chi connectivity index (χ0n) is 14.1. The predicted octanol–water partition coefficient (Wildman–Crippen LogP) is 1.57. The maximum atomic E-state index is 12.2. The number of rotatable bonds is 8. The standard InChI is InChI=1S/C16H30N2O3/c1-7-8-9-12(4)15(20)14(16(21)17-5)18(6)13(19)10-11(2)3/h7-8,11-12,14-15,20H,9-10H2,1-6H3,(H,17,21)/b8-7+/t12-,14+,15-/m1/s1. The minimum Gasteiger partial charge on any atom is -0.390 e. The first-order valence-corrected chi connectivity index (χ1v) is 7.52. The number of likely N-dealkylation sites (N-methyl/N-ethyl adjacent to an activating group) is 2. The number of nitrogens with zero attached hydrogens (tertiary/aromatic N) is 1. The van der Waals surface area contributed by atoms with Gasteiger partial charge in [0.25, 0.3) is 0 Å². The highest BCUT2D eigenvalue weighted by molar-refractivity contribution is 5.88. The average molecular weight is 298 g/mol. The van der Waals surface area contributed by atoms with Crippen molar-refractivity contribution in [3.63, 3.8) is 0 Å². The summed E-state index contributed by atoms with van der Waals surface area (Å²) in [4.78, 5) is 25.6. The van der Waals surface area contributed by atoms with E-state index in [4.69, 9.17) is 0 Å². The zero-order chi connectivity index (χ0) is 16.6. The highest BCUT2D eigenvalue weighted by Crippen LogP contribution is 2.18. The Morgan fingerprint density at radius 1 is 1.29 bits per heavy atom. The van der Waals surface area contributed by atoms with Crippen molar-refractivity contribution in [1.82, 2.24) is 10.2 Å². The molecule has 0 aliphatic rings. The second kappa shape index (κ2) is 9.55. The van der Waals surface area contributed by atoms with Gasteiger partial charge in [-0.3, -0.25) is 9.59 Å². The van der Waals surface area contributed by atoms with Gasteiger partial charge in [-0.25, -0.2) is 0 Å². The first-order valence-electron chi connectivity index (χ1n) is 7.52. The van der Waals surface area contributed by atoms with Crippen LogP contribution in [0.2, 0.25) is 0 Å². The molecule has 21 heavy (non-hydrogen) atoms. The summed E-state index contributed by atoms with van der Waals surface area (Å²) in [6, 6.07) is -0.860. The van der Waals surface area contributed by atoms with Gasteiger partial charge in [-0.05, 0) is 25.2 Å². The number of carbonyl (C=O) groups excluding carboxylic acids is 2. The molecule has 0 spiro atoms. The quantitative estimate of drug-likeness (QED) is 0.668. The lowest BCUT2D eigenvalue weighted by Gasteiger charge is -2.33. The molecule has 0 aromatic heterocycles. The number of aliphatic hydroxyl groups is 1. The first kappa shape index (κ1) is 19.6. The van der Waals surface area contributed by atoms with Crippen molar-refractivity contribution in [2.24, 2.45) is 11.8 Å². The SMILES string of the molecule is C/C=C/C[C@@H](C)[C@@H](O)[C@@H](C(=O)NC)N(C)C(=O)CC(C)C. The van der Waals surface area contributed by atoms with E-state index in [0.717, 1.165) is 0 Å². The molecule has 0 fully saturated rings. The summed E-state index contributed by atoms with van der Waals surface area (Å²) in [5.41, 5.74) is 0. The second-order valence-corrected chi connectivity index (χ2v) is 5.93. The van der Waals surface area contributed by atoms with Crippen molar-refractivity contribution in [3.05, 3.63) is 12.2 Å². The molecule has 5 nitrogen and oxygen atoms in total. The van der Waals surface area contributed by atoms with Crippen LogP contribution in [0, 0.1) is 11.8 Å². The van der Waals surface area contributed by atoms with Crippen LogP contribution < -0.4 is 5.32 Å². The number of aliphatic hydroxyl groups excluding tert-OH is 1. The van der Waals surface area contributed by atoms with Crippen LogP contribution in [0.5, 0.6) is 0 Å². The lowest BCUT2D eigenvalue weighted by atomic mass is 9.92. The lowest BCUT2D eigenvalue weighted by molar-refractivity contribution is -0.144. The largest absolute Gasteiger partial charge is 0.390 e. The third-order valence-corrected chi connectivity index (χ3v) is 3.56. The second-order valence-electron chi connectivity index (χ2n) is 5.93. The van der Waals surface area contributed by atoms with Crippen LogP contribution in [-0.4, -0.2) is 48.1 Å². The highest BCUT2D eigenvalue weighted by atomic mass is 16.3. The topological polar surface area (TPSA) is 69.6 Å². The molecule has 3 atom stereocenters. The third kappa shape index (κ3) is 6.29. The van der Waals surface area contributed by atoms with Crippen molar-refractivity contribution in [2.45, 2.75) is 52.7 Å². The van der Waals surface area contributed by atoms with E-state index in [-0.39, 0.29) is 23.7 Å². The molecule has 0 aromatic carbocycles. The Balaban J connectivity index is 5.10. The molecule has 0 radical (unpaired) electrons. The normalized spacial score (nSPS) is 15.8. The Bertz CT molecular complexity index is 367. The number of amides is 2. The number of hydrogen-bond acceptors (Lipinski definition) is 3. The molecule has 5 heteroatoms. The molecule has 0 heterocycles. The fourth-order valence-corrected chi connectivity index (χ4v) is 2.16. The molecule has 122 valence electrons. The predicted molar refractivity (Wildman–Crippen MR) is 84.7 cm³/mol. The Morgan fingerprint density at radius 3 is 2.29 bits per heavy atom. The van der Waals surface area contributed by atoms with E-state index in [2.05, 4.69) is 5.32 Å². The van der Waals surface area contributed by atoms with Crippen molar-refractivity contribution in [3.8, 4) is 0 Å². The van der Waals surface area contributed by atoms with Crippen LogP contribution in [0.4, 0.5) is 0 Å². The average Bonchev–Trinajstić information content (AvgIpc) is 2.43. The molecule has 0 saturated heterocycles. The minimum absolute atomic E-state index is 0.113. The van der Waals surface area contributed by atoms with Crippen LogP contribution in [-0.2, 0) is 9.59 Å².